The number of ketones is 1. The molecule has 0 aliphatic heterocycles. The average molecular weight is 376 g/mol. The van der Waals surface area contributed by atoms with Crippen molar-refractivity contribution in [3.05, 3.63) is 67.6 Å². The smallest absolute Gasteiger partial charge is 0.133 e. The van der Waals surface area contributed by atoms with Gasteiger partial charge in [-0.05, 0) is 60.4 Å². The van der Waals surface area contributed by atoms with Crippen molar-refractivity contribution in [2.24, 2.45) is 0 Å². The fraction of sp³-hybridized carbons (Fsp3) is 0.235. The summed E-state index contributed by atoms with van der Waals surface area (Å²) in [6, 6.07) is 10.5. The molecular weight excluding hydrogens is 362 g/mol. The van der Waals surface area contributed by atoms with Gasteiger partial charge in [0.1, 0.15) is 5.78 Å². The molecule has 0 amide bonds. The Hall–Kier alpha value is -0.730. The van der Waals surface area contributed by atoms with E-state index in [4.69, 9.17) is 46.4 Å². The van der Waals surface area contributed by atoms with Crippen LogP contribution in [0.25, 0.3) is 0 Å². The molecule has 116 valence electrons. The number of halogens is 4. The van der Waals surface area contributed by atoms with E-state index in [0.29, 0.717) is 45.8 Å². The summed E-state index contributed by atoms with van der Waals surface area (Å²) >= 11 is 24.0. The Bertz CT molecular complexity index is 625. The molecule has 0 atom stereocenters. The van der Waals surface area contributed by atoms with Gasteiger partial charge in [0.05, 0.1) is 0 Å². The van der Waals surface area contributed by atoms with Gasteiger partial charge in [0.25, 0.3) is 0 Å². The van der Waals surface area contributed by atoms with Gasteiger partial charge in [-0.15, -0.1) is 0 Å². The van der Waals surface area contributed by atoms with Crippen LogP contribution in [0.3, 0.4) is 0 Å². The zero-order valence-corrected chi connectivity index (χ0v) is 14.7. The Morgan fingerprint density at radius 2 is 1.14 bits per heavy atom. The molecule has 5 heteroatoms. The molecule has 0 N–H and O–H groups in total. The second-order valence-corrected chi connectivity index (χ2v) is 6.70. The average Bonchev–Trinajstić information content (AvgIpc) is 2.49. The highest BCUT2D eigenvalue weighted by Crippen LogP contribution is 2.24. The number of rotatable bonds is 6. The van der Waals surface area contributed by atoms with Gasteiger partial charge in [0, 0.05) is 32.9 Å². The highest BCUT2D eigenvalue weighted by molar-refractivity contribution is 6.34. The van der Waals surface area contributed by atoms with E-state index in [1.165, 1.54) is 0 Å². The summed E-state index contributed by atoms with van der Waals surface area (Å²) in [4.78, 5) is 12.0. The van der Waals surface area contributed by atoms with Crippen molar-refractivity contribution >= 4 is 52.2 Å². The molecule has 2 rings (SSSR count). The molecular formula is C17H14Cl4O. The minimum atomic E-state index is 0.159. The van der Waals surface area contributed by atoms with Crippen molar-refractivity contribution in [3.63, 3.8) is 0 Å². The van der Waals surface area contributed by atoms with E-state index in [1.54, 1.807) is 36.4 Å². The number of carbonyl (C=O) groups is 1. The van der Waals surface area contributed by atoms with Crippen LogP contribution in [0, 0.1) is 0 Å². The SMILES string of the molecule is O=C(CCc1cc(Cl)ccc1Cl)CCc1cc(Cl)ccc1Cl. The van der Waals surface area contributed by atoms with Gasteiger partial charge >= 0.3 is 0 Å². The maximum atomic E-state index is 12.0. The highest BCUT2D eigenvalue weighted by atomic mass is 35.5. The molecule has 0 radical (unpaired) electrons. The summed E-state index contributed by atoms with van der Waals surface area (Å²) in [7, 11) is 0. The van der Waals surface area contributed by atoms with Gasteiger partial charge in [-0.3, -0.25) is 4.79 Å². The molecule has 2 aromatic rings. The van der Waals surface area contributed by atoms with Gasteiger partial charge in [0.2, 0.25) is 0 Å². The predicted octanol–water partition coefficient (Wildman–Crippen LogP) is 6.43. The van der Waals surface area contributed by atoms with Crippen molar-refractivity contribution in [3.8, 4) is 0 Å². The van der Waals surface area contributed by atoms with E-state index in [1.807, 2.05) is 0 Å². The minimum absolute atomic E-state index is 0.159. The molecule has 0 bridgehead atoms. The third kappa shape index (κ3) is 5.17. The fourth-order valence-corrected chi connectivity index (χ4v) is 2.96. The number of aryl methyl sites for hydroxylation is 2. The number of benzene rings is 2. The summed E-state index contributed by atoms with van der Waals surface area (Å²) < 4.78 is 0. The molecule has 1 nitrogen and oxygen atoms in total. The normalized spacial score (nSPS) is 10.7. The number of Topliss-reactive ketones (excluding diaryl/α,β-unsaturated/α-hetero) is 1. The third-order valence-electron chi connectivity index (χ3n) is 3.36. The fourth-order valence-electron chi connectivity index (χ4n) is 2.14. The Kier molecular flexibility index (Phi) is 6.58. The standard InChI is InChI=1S/C17H14Cl4O/c18-13-3-7-16(20)11(9-13)1-5-15(22)6-2-12-10-14(19)4-8-17(12)21/h3-4,7-10H,1-2,5-6H2. The van der Waals surface area contributed by atoms with Crippen LogP contribution in [0.4, 0.5) is 0 Å². The Labute approximate surface area is 150 Å². The van der Waals surface area contributed by atoms with Crippen molar-refractivity contribution in [2.75, 3.05) is 0 Å². The van der Waals surface area contributed by atoms with E-state index in [-0.39, 0.29) is 5.78 Å². The molecule has 0 fully saturated rings. The summed E-state index contributed by atoms with van der Waals surface area (Å²) in [5.74, 6) is 0.159. The molecule has 0 saturated heterocycles. The van der Waals surface area contributed by atoms with E-state index >= 15 is 0 Å². The molecule has 0 heterocycles. The lowest BCUT2D eigenvalue weighted by atomic mass is 10.0. The third-order valence-corrected chi connectivity index (χ3v) is 4.57. The van der Waals surface area contributed by atoms with Crippen LogP contribution in [-0.2, 0) is 17.6 Å². The monoisotopic (exact) mass is 374 g/mol. The molecule has 0 aliphatic rings. The first kappa shape index (κ1) is 17.6. The molecule has 0 spiro atoms. The predicted molar refractivity (Wildman–Crippen MR) is 94.6 cm³/mol. The van der Waals surface area contributed by atoms with Crippen molar-refractivity contribution in [2.45, 2.75) is 25.7 Å². The van der Waals surface area contributed by atoms with E-state index < -0.39 is 0 Å². The molecule has 0 saturated carbocycles. The summed E-state index contributed by atoms with van der Waals surface area (Å²) in [5.41, 5.74) is 1.78. The first-order valence-corrected chi connectivity index (χ1v) is 8.36. The molecule has 0 aliphatic carbocycles. The topological polar surface area (TPSA) is 17.1 Å². The Morgan fingerprint density at radius 1 is 0.727 bits per heavy atom. The van der Waals surface area contributed by atoms with Crippen molar-refractivity contribution < 1.29 is 4.79 Å². The lowest BCUT2D eigenvalue weighted by Gasteiger charge is -2.06. The second kappa shape index (κ2) is 8.21. The van der Waals surface area contributed by atoms with E-state index in [9.17, 15) is 4.79 Å². The zero-order valence-electron chi connectivity index (χ0n) is 11.7. The van der Waals surface area contributed by atoms with Gasteiger partial charge in [-0.2, -0.15) is 0 Å². The van der Waals surface area contributed by atoms with Crippen LogP contribution in [0.1, 0.15) is 24.0 Å². The van der Waals surface area contributed by atoms with Gasteiger partial charge in [0.15, 0.2) is 0 Å². The van der Waals surface area contributed by atoms with Gasteiger partial charge in [-0.25, -0.2) is 0 Å². The summed E-state index contributed by atoms with van der Waals surface area (Å²) in [5, 5.41) is 2.51. The number of carbonyl (C=O) groups excluding carboxylic acids is 1. The van der Waals surface area contributed by atoms with Gasteiger partial charge in [-0.1, -0.05) is 46.4 Å². The summed E-state index contributed by atoms with van der Waals surface area (Å²) in [6.07, 6.45) is 2.03. The lowest BCUT2D eigenvalue weighted by Crippen LogP contribution is -2.03. The van der Waals surface area contributed by atoms with Crippen LogP contribution in [-0.4, -0.2) is 5.78 Å². The van der Waals surface area contributed by atoms with Crippen LogP contribution in [0.15, 0.2) is 36.4 Å². The highest BCUT2D eigenvalue weighted by Gasteiger charge is 2.08. The lowest BCUT2D eigenvalue weighted by molar-refractivity contribution is -0.119. The van der Waals surface area contributed by atoms with Gasteiger partial charge < -0.3 is 0 Å². The van der Waals surface area contributed by atoms with Crippen LogP contribution < -0.4 is 0 Å². The Morgan fingerprint density at radius 3 is 1.55 bits per heavy atom. The van der Waals surface area contributed by atoms with E-state index in [2.05, 4.69) is 0 Å². The van der Waals surface area contributed by atoms with E-state index in [0.717, 1.165) is 11.1 Å². The molecule has 22 heavy (non-hydrogen) atoms. The number of hydrogen-bond acceptors (Lipinski definition) is 1. The molecule has 0 aromatic heterocycles. The quantitative estimate of drug-likeness (QED) is 0.568. The Balaban J connectivity index is 1.88. The number of hydrogen-bond donors (Lipinski definition) is 0. The van der Waals surface area contributed by atoms with Crippen LogP contribution >= 0.6 is 46.4 Å². The summed E-state index contributed by atoms with van der Waals surface area (Å²) in [6.45, 7) is 0. The second-order valence-electron chi connectivity index (χ2n) is 5.01. The van der Waals surface area contributed by atoms with Crippen molar-refractivity contribution in [1.29, 1.82) is 0 Å². The maximum absolute atomic E-state index is 12.0. The minimum Gasteiger partial charge on any atom is -0.300 e. The van der Waals surface area contributed by atoms with Crippen LogP contribution in [0.5, 0.6) is 0 Å². The first-order chi connectivity index (χ1) is 10.5. The van der Waals surface area contributed by atoms with Crippen molar-refractivity contribution in [1.82, 2.24) is 0 Å². The molecule has 2 aromatic carbocycles. The molecule has 0 unspecified atom stereocenters. The maximum Gasteiger partial charge on any atom is 0.133 e. The van der Waals surface area contributed by atoms with Crippen LogP contribution in [0.2, 0.25) is 20.1 Å². The largest absolute Gasteiger partial charge is 0.300 e. The zero-order chi connectivity index (χ0) is 16.1. The first-order valence-electron chi connectivity index (χ1n) is 6.85.